The second-order valence-electron chi connectivity index (χ2n) is 6.64. The molecular weight excluding hydrogens is 434 g/mol. The van der Waals surface area contributed by atoms with Crippen molar-refractivity contribution in [3.63, 3.8) is 0 Å². The van der Waals surface area contributed by atoms with Crippen molar-refractivity contribution >= 4 is 29.9 Å². The highest BCUT2D eigenvalue weighted by atomic mass is 127. The van der Waals surface area contributed by atoms with Gasteiger partial charge in [-0.25, -0.2) is 4.39 Å². The lowest BCUT2D eigenvalue weighted by molar-refractivity contribution is -0.00833. The molecule has 7 heteroatoms. The van der Waals surface area contributed by atoms with Gasteiger partial charge in [-0.05, 0) is 38.0 Å². The predicted octanol–water partition coefficient (Wildman–Crippen LogP) is 2.26. The van der Waals surface area contributed by atoms with Crippen molar-refractivity contribution in [1.82, 2.24) is 15.5 Å². The largest absolute Gasteiger partial charge is 0.379 e. The van der Waals surface area contributed by atoms with E-state index in [2.05, 4.69) is 34.4 Å². The quantitative estimate of drug-likeness (QED) is 0.386. The lowest BCUT2D eigenvalue weighted by Crippen LogP contribution is -2.56. The zero-order valence-electron chi connectivity index (χ0n) is 15.3. The Bertz CT molecular complexity index is 548. The number of hydrogen-bond acceptors (Lipinski definition) is 3. The van der Waals surface area contributed by atoms with E-state index in [1.165, 1.54) is 6.07 Å². The average molecular weight is 464 g/mol. The maximum absolute atomic E-state index is 13.2. The molecule has 1 fully saturated rings. The predicted molar refractivity (Wildman–Crippen MR) is 111 cm³/mol. The number of aliphatic imine (C=N–C) groups is 1. The highest BCUT2D eigenvalue weighted by molar-refractivity contribution is 14.0. The van der Waals surface area contributed by atoms with Crippen molar-refractivity contribution in [2.75, 3.05) is 46.4 Å². The topological polar surface area (TPSA) is 48.9 Å². The second kappa shape index (κ2) is 10.9. The van der Waals surface area contributed by atoms with Crippen LogP contribution in [-0.4, -0.2) is 62.8 Å². The molecule has 1 heterocycles. The highest BCUT2D eigenvalue weighted by Crippen LogP contribution is 2.14. The van der Waals surface area contributed by atoms with Gasteiger partial charge < -0.3 is 15.4 Å². The van der Waals surface area contributed by atoms with Crippen molar-refractivity contribution in [2.45, 2.75) is 25.8 Å². The molecule has 5 nitrogen and oxygen atoms in total. The molecule has 0 saturated carbocycles. The second-order valence-corrected chi connectivity index (χ2v) is 6.64. The molecule has 0 atom stereocenters. The van der Waals surface area contributed by atoms with E-state index in [4.69, 9.17) is 4.74 Å². The monoisotopic (exact) mass is 464 g/mol. The van der Waals surface area contributed by atoms with Crippen LogP contribution in [0.25, 0.3) is 0 Å². The summed E-state index contributed by atoms with van der Waals surface area (Å²) in [5, 5.41) is 6.67. The first kappa shape index (κ1) is 22.1. The van der Waals surface area contributed by atoms with Crippen LogP contribution in [0.4, 0.5) is 4.39 Å². The van der Waals surface area contributed by atoms with Crippen molar-refractivity contribution in [3.8, 4) is 0 Å². The summed E-state index contributed by atoms with van der Waals surface area (Å²) in [5.41, 5.74) is 1.01. The Hall–Kier alpha value is -0.930. The van der Waals surface area contributed by atoms with Crippen molar-refractivity contribution in [2.24, 2.45) is 4.99 Å². The summed E-state index contributed by atoms with van der Waals surface area (Å²) in [6.07, 6.45) is 0.755. The van der Waals surface area contributed by atoms with E-state index < -0.39 is 0 Å². The van der Waals surface area contributed by atoms with Crippen molar-refractivity contribution < 1.29 is 9.13 Å². The Morgan fingerprint density at radius 3 is 2.64 bits per heavy atom. The van der Waals surface area contributed by atoms with Crippen LogP contribution < -0.4 is 10.6 Å². The lowest BCUT2D eigenvalue weighted by atomic mass is 10.0. The van der Waals surface area contributed by atoms with Gasteiger partial charge in [0.2, 0.25) is 0 Å². The summed E-state index contributed by atoms with van der Waals surface area (Å²) in [5.74, 6) is 0.579. The number of nitrogens with one attached hydrogen (secondary N) is 2. The molecule has 2 N–H and O–H groups in total. The van der Waals surface area contributed by atoms with Crippen LogP contribution in [0.2, 0.25) is 0 Å². The highest BCUT2D eigenvalue weighted by Gasteiger charge is 2.28. The van der Waals surface area contributed by atoms with Crippen molar-refractivity contribution in [3.05, 3.63) is 35.6 Å². The van der Waals surface area contributed by atoms with Gasteiger partial charge in [0.25, 0.3) is 0 Å². The molecule has 1 aromatic carbocycles. The fourth-order valence-electron chi connectivity index (χ4n) is 2.82. The van der Waals surface area contributed by atoms with Gasteiger partial charge in [-0.1, -0.05) is 12.1 Å². The van der Waals surface area contributed by atoms with E-state index in [1.807, 2.05) is 6.07 Å². The molecule has 142 valence electrons. The molecule has 2 rings (SSSR count). The van der Waals surface area contributed by atoms with Gasteiger partial charge in [0.1, 0.15) is 5.82 Å². The number of nitrogens with zero attached hydrogens (tertiary/aromatic N) is 2. The maximum Gasteiger partial charge on any atom is 0.191 e. The number of benzene rings is 1. The molecule has 0 spiro atoms. The Morgan fingerprint density at radius 2 is 2.00 bits per heavy atom. The van der Waals surface area contributed by atoms with Gasteiger partial charge in [0.05, 0.1) is 13.2 Å². The summed E-state index contributed by atoms with van der Waals surface area (Å²) in [4.78, 5) is 6.70. The molecule has 0 aliphatic carbocycles. The van der Waals surface area contributed by atoms with Crippen LogP contribution in [0.3, 0.4) is 0 Å². The maximum atomic E-state index is 13.2. The molecule has 1 aliphatic heterocycles. The number of hydrogen-bond donors (Lipinski definition) is 2. The van der Waals surface area contributed by atoms with Crippen LogP contribution in [0.15, 0.2) is 29.3 Å². The minimum Gasteiger partial charge on any atom is -0.379 e. The minimum absolute atomic E-state index is 0. The third-order valence-electron chi connectivity index (χ3n) is 4.37. The summed E-state index contributed by atoms with van der Waals surface area (Å²) >= 11 is 0. The zero-order chi connectivity index (χ0) is 17.4. The van der Waals surface area contributed by atoms with Gasteiger partial charge >= 0.3 is 0 Å². The van der Waals surface area contributed by atoms with Gasteiger partial charge in [-0.2, -0.15) is 0 Å². The molecule has 0 radical (unpaired) electrons. The van der Waals surface area contributed by atoms with Crippen molar-refractivity contribution in [1.29, 1.82) is 0 Å². The van der Waals surface area contributed by atoms with E-state index in [9.17, 15) is 4.39 Å². The minimum atomic E-state index is -0.192. The Morgan fingerprint density at radius 1 is 1.28 bits per heavy atom. The van der Waals surface area contributed by atoms with Gasteiger partial charge in [0.15, 0.2) is 5.96 Å². The molecule has 1 saturated heterocycles. The number of ether oxygens (including phenoxy) is 1. The molecule has 0 amide bonds. The van der Waals surface area contributed by atoms with Crippen LogP contribution >= 0.6 is 24.0 Å². The third kappa shape index (κ3) is 7.45. The summed E-state index contributed by atoms with van der Waals surface area (Å²) in [6.45, 7) is 9.47. The molecule has 1 aromatic rings. The summed E-state index contributed by atoms with van der Waals surface area (Å²) in [6, 6.07) is 6.70. The average Bonchev–Trinajstić information content (AvgIpc) is 2.59. The molecule has 1 aliphatic rings. The molecule has 0 bridgehead atoms. The van der Waals surface area contributed by atoms with E-state index in [0.29, 0.717) is 6.54 Å². The smallest absolute Gasteiger partial charge is 0.191 e. The van der Waals surface area contributed by atoms with E-state index in [1.54, 1.807) is 19.2 Å². The molecule has 0 aromatic heterocycles. The van der Waals surface area contributed by atoms with Crippen LogP contribution in [0.1, 0.15) is 19.4 Å². The SMILES string of the molecule is CN=C(NCCc1cccc(F)c1)NCC(C)(C)N1CCOCC1.I. The Kier molecular flexibility index (Phi) is 9.66. The van der Waals surface area contributed by atoms with Crippen LogP contribution in [0.5, 0.6) is 0 Å². The van der Waals surface area contributed by atoms with E-state index >= 15 is 0 Å². The number of rotatable bonds is 6. The fourth-order valence-corrected chi connectivity index (χ4v) is 2.82. The van der Waals surface area contributed by atoms with Gasteiger partial charge in [0, 0.05) is 38.8 Å². The van der Waals surface area contributed by atoms with E-state index in [0.717, 1.165) is 50.8 Å². The van der Waals surface area contributed by atoms with E-state index in [-0.39, 0.29) is 35.3 Å². The lowest BCUT2D eigenvalue weighted by Gasteiger charge is -2.41. The fraction of sp³-hybridized carbons (Fsp3) is 0.611. The molecule has 0 unspecified atom stereocenters. The summed E-state index contributed by atoms with van der Waals surface area (Å²) in [7, 11) is 1.76. The number of morpholine rings is 1. The Labute approximate surface area is 167 Å². The van der Waals surface area contributed by atoms with Gasteiger partial charge in [-0.15, -0.1) is 24.0 Å². The number of guanidine groups is 1. The number of halogens is 2. The summed E-state index contributed by atoms with van der Waals surface area (Å²) < 4.78 is 18.6. The molecular formula is C18H30FIN4O. The normalized spacial score (nSPS) is 16.2. The molecule has 25 heavy (non-hydrogen) atoms. The first-order chi connectivity index (χ1) is 11.5. The zero-order valence-corrected chi connectivity index (χ0v) is 17.7. The standard InChI is InChI=1S/C18H29FN4O.HI/c1-18(2,23-9-11-24-12-10-23)14-22-17(20-3)21-8-7-15-5-4-6-16(19)13-15;/h4-6,13H,7-12,14H2,1-3H3,(H2,20,21,22);1H. The third-order valence-corrected chi connectivity index (χ3v) is 4.37. The van der Waals surface area contributed by atoms with Crippen LogP contribution in [-0.2, 0) is 11.2 Å². The first-order valence-corrected chi connectivity index (χ1v) is 8.53. The Balaban J connectivity index is 0.00000312. The van der Waals surface area contributed by atoms with Gasteiger partial charge in [-0.3, -0.25) is 9.89 Å². The van der Waals surface area contributed by atoms with Crippen LogP contribution in [0, 0.1) is 5.82 Å². The first-order valence-electron chi connectivity index (χ1n) is 8.53.